The number of carbonyl (C=O) groups is 1. The van der Waals surface area contributed by atoms with Crippen LogP contribution >= 0.6 is 0 Å². The molecule has 0 bridgehead atoms. The van der Waals surface area contributed by atoms with Crippen LogP contribution in [-0.2, 0) is 38.3 Å². The fourth-order valence-electron chi connectivity index (χ4n) is 6.41. The van der Waals surface area contributed by atoms with Crippen LogP contribution in [0.15, 0.2) is 72.9 Å². The maximum atomic E-state index is 12.9. The summed E-state index contributed by atoms with van der Waals surface area (Å²) in [6.45, 7) is 3.75. The minimum Gasteiger partial charge on any atom is -0.457 e. The molecular weight excluding hydrogens is 789 g/mol. The van der Waals surface area contributed by atoms with Crippen molar-refractivity contribution >= 4 is 16.4 Å². The van der Waals surface area contributed by atoms with Crippen molar-refractivity contribution in [2.75, 3.05) is 26.4 Å². The van der Waals surface area contributed by atoms with Crippen molar-refractivity contribution in [3.63, 3.8) is 0 Å². The third-order valence-electron chi connectivity index (χ3n) is 9.79. The predicted octanol–water partition coefficient (Wildman–Crippen LogP) is 9.52. The second-order valence-corrected chi connectivity index (χ2v) is 16.3. The Morgan fingerprint density at radius 3 is 1.68 bits per heavy atom. The molecule has 1 rings (SSSR count). The van der Waals surface area contributed by atoms with Crippen molar-refractivity contribution in [1.82, 2.24) is 0 Å². The first-order chi connectivity index (χ1) is 29.1. The molecule has 0 spiro atoms. The Morgan fingerprint density at radius 2 is 1.15 bits per heavy atom. The third-order valence-corrected chi connectivity index (χ3v) is 10.3. The lowest BCUT2D eigenvalue weighted by Crippen LogP contribution is -2.60. The number of rotatable bonds is 38. The number of aliphatic hydroxyl groups is 3. The molecule has 0 saturated carbocycles. The summed E-state index contributed by atoms with van der Waals surface area (Å²) in [6, 6.07) is 0. The van der Waals surface area contributed by atoms with E-state index in [-0.39, 0.29) is 19.6 Å². The molecule has 12 nitrogen and oxygen atoms in total. The highest BCUT2D eigenvalue weighted by Gasteiger charge is 2.48. The van der Waals surface area contributed by atoms with Crippen LogP contribution in [0.3, 0.4) is 0 Å². The Morgan fingerprint density at radius 1 is 0.650 bits per heavy atom. The van der Waals surface area contributed by atoms with Gasteiger partial charge >= 0.3 is 16.4 Å². The normalized spacial score (nSPS) is 20.9. The molecule has 1 fully saturated rings. The minimum absolute atomic E-state index is 0.0187. The van der Waals surface area contributed by atoms with Crippen LogP contribution in [0.25, 0.3) is 0 Å². The minimum atomic E-state index is -5.07. The van der Waals surface area contributed by atoms with Gasteiger partial charge in [0.1, 0.15) is 30.5 Å². The summed E-state index contributed by atoms with van der Waals surface area (Å²) in [7, 11) is -5.07. The third kappa shape index (κ3) is 31.4. The van der Waals surface area contributed by atoms with Gasteiger partial charge in [-0.05, 0) is 77.0 Å². The molecule has 4 N–H and O–H groups in total. The Balaban J connectivity index is 2.44. The number of aliphatic hydroxyl groups excluding tert-OH is 3. The standard InChI is InChI=1S/C47H80O12S/c1-3-5-7-9-11-13-15-17-19-20-21-22-23-24-26-28-30-32-34-36-43(49)57-41(39-55-37-35-33-31-29-27-25-18-16-14-12-10-8-6-4-2)40-56-47-45(51)46(59-60(52,53)54)44(50)42(38-48)58-47/h5,7-8,10-11,13-14,16-17,19,21-22,41-42,44-48,50-51H,3-4,6,9,12,15,18,20,23-40H2,1-2H3,(H,52,53,54)/b7-5-,10-8-,13-11-,16-14-,19-17-,22-21-. The molecule has 346 valence electrons. The summed E-state index contributed by atoms with van der Waals surface area (Å²) < 4.78 is 59.0. The summed E-state index contributed by atoms with van der Waals surface area (Å²) in [5.74, 6) is -0.421. The van der Waals surface area contributed by atoms with Crippen molar-refractivity contribution in [3.05, 3.63) is 72.9 Å². The zero-order chi connectivity index (χ0) is 43.9. The lowest BCUT2D eigenvalue weighted by Gasteiger charge is -2.41. The average Bonchev–Trinajstić information content (AvgIpc) is 3.22. The first kappa shape index (κ1) is 55.6. The van der Waals surface area contributed by atoms with Crippen molar-refractivity contribution in [1.29, 1.82) is 0 Å². The number of carbonyl (C=O) groups excluding carboxylic acids is 1. The molecule has 1 saturated heterocycles. The molecule has 60 heavy (non-hydrogen) atoms. The molecule has 1 aliphatic heterocycles. The highest BCUT2D eigenvalue weighted by atomic mass is 32.3. The summed E-state index contributed by atoms with van der Waals surface area (Å²) in [5.41, 5.74) is 0. The largest absolute Gasteiger partial charge is 0.457 e. The monoisotopic (exact) mass is 869 g/mol. The highest BCUT2D eigenvalue weighted by Crippen LogP contribution is 2.26. The Hall–Kier alpha value is -2.46. The van der Waals surface area contributed by atoms with Gasteiger partial charge in [-0.1, -0.05) is 145 Å². The Bertz CT molecular complexity index is 1330. The molecule has 1 aliphatic rings. The SMILES string of the molecule is CC/C=C\C/C=C\C/C=C\C/C=C\CCCCCCCCC(=O)OC(COCCCCCCCC/C=C\C/C=C\CCC)COC1OC(CO)C(O)C(OS(=O)(=O)O)C1O. The number of allylic oxidation sites excluding steroid dienone is 12. The van der Waals surface area contributed by atoms with Gasteiger partial charge in [-0.2, -0.15) is 8.42 Å². The molecule has 0 aromatic heterocycles. The van der Waals surface area contributed by atoms with Crippen molar-refractivity contribution in [2.24, 2.45) is 0 Å². The molecule has 0 aromatic carbocycles. The van der Waals surface area contributed by atoms with E-state index in [4.69, 9.17) is 23.5 Å². The quantitative estimate of drug-likeness (QED) is 0.0200. The maximum absolute atomic E-state index is 12.9. The van der Waals surface area contributed by atoms with Crippen LogP contribution in [0.2, 0.25) is 0 Å². The van der Waals surface area contributed by atoms with Crippen molar-refractivity contribution < 1.29 is 56.2 Å². The van der Waals surface area contributed by atoms with E-state index >= 15 is 0 Å². The van der Waals surface area contributed by atoms with Crippen LogP contribution in [0, 0.1) is 0 Å². The predicted molar refractivity (Wildman–Crippen MR) is 239 cm³/mol. The van der Waals surface area contributed by atoms with Gasteiger partial charge in [-0.3, -0.25) is 9.35 Å². The van der Waals surface area contributed by atoms with E-state index in [1.165, 1.54) is 19.3 Å². The summed E-state index contributed by atoms with van der Waals surface area (Å²) in [6.07, 6.45) is 39.3. The molecule has 0 aliphatic carbocycles. The lowest BCUT2D eigenvalue weighted by molar-refractivity contribution is -0.301. The number of unbranched alkanes of at least 4 members (excludes halogenated alkanes) is 13. The van der Waals surface area contributed by atoms with Gasteiger partial charge in [0, 0.05) is 13.0 Å². The van der Waals surface area contributed by atoms with Gasteiger partial charge in [0.2, 0.25) is 0 Å². The summed E-state index contributed by atoms with van der Waals surface area (Å²) in [5, 5.41) is 30.7. The van der Waals surface area contributed by atoms with Gasteiger partial charge in [0.25, 0.3) is 0 Å². The van der Waals surface area contributed by atoms with Crippen LogP contribution in [0.1, 0.15) is 155 Å². The fraction of sp³-hybridized carbons (Fsp3) is 0.723. The van der Waals surface area contributed by atoms with E-state index in [1.54, 1.807) is 0 Å². The zero-order valence-electron chi connectivity index (χ0n) is 36.7. The Labute approximate surface area is 362 Å². The maximum Gasteiger partial charge on any atom is 0.397 e. The molecule has 0 aromatic rings. The number of hydrogen-bond acceptors (Lipinski definition) is 11. The van der Waals surface area contributed by atoms with Gasteiger partial charge in [-0.25, -0.2) is 4.18 Å². The van der Waals surface area contributed by atoms with Crippen LogP contribution in [0.4, 0.5) is 0 Å². The van der Waals surface area contributed by atoms with E-state index in [1.807, 2.05) is 0 Å². The molecule has 0 amide bonds. The van der Waals surface area contributed by atoms with Crippen LogP contribution in [0.5, 0.6) is 0 Å². The number of hydrogen-bond donors (Lipinski definition) is 4. The van der Waals surface area contributed by atoms with Gasteiger partial charge < -0.3 is 34.3 Å². The summed E-state index contributed by atoms with van der Waals surface area (Å²) >= 11 is 0. The van der Waals surface area contributed by atoms with Crippen molar-refractivity contribution in [3.8, 4) is 0 Å². The molecule has 6 atom stereocenters. The fourth-order valence-corrected chi connectivity index (χ4v) is 6.91. The van der Waals surface area contributed by atoms with E-state index < -0.39 is 59.8 Å². The van der Waals surface area contributed by atoms with Gasteiger partial charge in [0.15, 0.2) is 6.29 Å². The van der Waals surface area contributed by atoms with Gasteiger partial charge in [-0.15, -0.1) is 0 Å². The number of ether oxygens (including phenoxy) is 4. The van der Waals surface area contributed by atoms with Crippen LogP contribution in [-0.4, -0.2) is 97.5 Å². The van der Waals surface area contributed by atoms with Crippen molar-refractivity contribution in [2.45, 2.75) is 192 Å². The molecule has 6 unspecified atom stereocenters. The molecule has 0 radical (unpaired) electrons. The topological polar surface area (TPSA) is 178 Å². The van der Waals surface area contributed by atoms with Crippen LogP contribution < -0.4 is 0 Å². The van der Waals surface area contributed by atoms with Gasteiger partial charge in [0.05, 0.1) is 19.8 Å². The van der Waals surface area contributed by atoms with E-state index in [0.29, 0.717) is 13.0 Å². The van der Waals surface area contributed by atoms with E-state index in [2.05, 4.69) is 90.9 Å². The van der Waals surface area contributed by atoms with E-state index in [0.717, 1.165) is 109 Å². The second kappa shape index (κ2) is 38.2. The average molecular weight is 869 g/mol. The second-order valence-electron chi connectivity index (χ2n) is 15.3. The first-order valence-electron chi connectivity index (χ1n) is 22.7. The molecular formula is C47H80O12S. The smallest absolute Gasteiger partial charge is 0.397 e. The number of esters is 1. The molecule has 1 heterocycles. The Kier molecular flexibility index (Phi) is 35.4. The molecule has 13 heteroatoms. The van der Waals surface area contributed by atoms with E-state index in [9.17, 15) is 28.5 Å². The zero-order valence-corrected chi connectivity index (χ0v) is 37.6. The first-order valence-corrected chi connectivity index (χ1v) is 24.1. The lowest BCUT2D eigenvalue weighted by atomic mass is 9.99. The highest BCUT2D eigenvalue weighted by molar-refractivity contribution is 7.80. The summed E-state index contributed by atoms with van der Waals surface area (Å²) in [4.78, 5) is 12.9.